The molecule has 1 aliphatic rings. The van der Waals surface area contributed by atoms with Crippen LogP contribution in [-0.2, 0) is 0 Å². The van der Waals surface area contributed by atoms with Crippen LogP contribution in [0, 0.1) is 0 Å². The molecule has 0 bridgehead atoms. The maximum Gasteiger partial charge on any atom is 0.231 e. The van der Waals surface area contributed by atoms with E-state index in [1.54, 1.807) is 6.20 Å². The molecule has 0 amide bonds. The Morgan fingerprint density at radius 2 is 1.83 bits per heavy atom. The number of aromatic nitrogens is 1. The van der Waals surface area contributed by atoms with E-state index in [1.165, 1.54) is 0 Å². The molecule has 2 aromatic rings. The topological polar surface area (TPSA) is 87.1 Å². The van der Waals surface area contributed by atoms with Crippen molar-refractivity contribution in [3.63, 3.8) is 0 Å². The maximum atomic E-state index is 9.02. The molecule has 1 aromatic carbocycles. The smallest absolute Gasteiger partial charge is 0.231 e. The molecule has 0 saturated carbocycles. The van der Waals surface area contributed by atoms with Crippen LogP contribution in [0.3, 0.4) is 0 Å². The fourth-order valence-corrected chi connectivity index (χ4v) is 2.83. The Labute approximate surface area is 140 Å². The third kappa shape index (κ3) is 3.87. The van der Waals surface area contributed by atoms with Gasteiger partial charge in [-0.2, -0.15) is 0 Å². The molecule has 0 spiro atoms. The number of hydrogen-bond donors (Lipinski definition) is 3. The van der Waals surface area contributed by atoms with E-state index < -0.39 is 0 Å². The zero-order valence-corrected chi connectivity index (χ0v) is 13.6. The predicted molar refractivity (Wildman–Crippen MR) is 91.6 cm³/mol. The molecule has 0 radical (unpaired) electrons. The minimum absolute atomic E-state index is 0.103. The summed E-state index contributed by atoms with van der Waals surface area (Å²) in [6, 6.07) is 5.87. The van der Waals surface area contributed by atoms with Gasteiger partial charge < -0.3 is 25.0 Å². The standard InChI is InChI=1S/C17H23N3O4/c21-8-6-20(7-9-22)5-1-3-18-17-14-11-16-15(23-12-24-16)10-13(14)2-4-19-17/h2,4,10-11,21-22H,1,3,5-9,12H2,(H,18,19). The molecule has 0 atom stereocenters. The third-order valence-corrected chi connectivity index (χ3v) is 4.03. The molecule has 1 aliphatic heterocycles. The molecule has 7 heteroatoms. The Balaban J connectivity index is 1.61. The van der Waals surface area contributed by atoms with Gasteiger partial charge in [0.1, 0.15) is 5.82 Å². The number of rotatable bonds is 9. The molecular formula is C17H23N3O4. The van der Waals surface area contributed by atoms with Gasteiger partial charge in [-0.1, -0.05) is 0 Å². The van der Waals surface area contributed by atoms with Gasteiger partial charge in [0.2, 0.25) is 6.79 Å². The highest BCUT2D eigenvalue weighted by Gasteiger charge is 2.15. The lowest BCUT2D eigenvalue weighted by Crippen LogP contribution is -2.31. The van der Waals surface area contributed by atoms with Crippen molar-refractivity contribution in [1.82, 2.24) is 9.88 Å². The Hall–Kier alpha value is -2.09. The normalized spacial score (nSPS) is 13.0. The number of aliphatic hydroxyl groups excluding tert-OH is 2. The summed E-state index contributed by atoms with van der Waals surface area (Å²) in [6.45, 7) is 3.19. The van der Waals surface area contributed by atoms with Crippen LogP contribution in [0.25, 0.3) is 10.8 Å². The molecule has 0 aliphatic carbocycles. The zero-order valence-electron chi connectivity index (χ0n) is 13.6. The van der Waals surface area contributed by atoms with Gasteiger partial charge in [0, 0.05) is 31.2 Å². The molecule has 0 unspecified atom stereocenters. The van der Waals surface area contributed by atoms with Crippen LogP contribution in [0.4, 0.5) is 5.82 Å². The van der Waals surface area contributed by atoms with Gasteiger partial charge in [0.05, 0.1) is 13.2 Å². The van der Waals surface area contributed by atoms with Crippen LogP contribution in [0.5, 0.6) is 11.5 Å². The van der Waals surface area contributed by atoms with Crippen LogP contribution in [0.15, 0.2) is 24.4 Å². The molecule has 0 fully saturated rings. The minimum Gasteiger partial charge on any atom is -0.454 e. The van der Waals surface area contributed by atoms with Gasteiger partial charge in [-0.15, -0.1) is 0 Å². The number of fused-ring (bicyclic) bond motifs is 2. The van der Waals surface area contributed by atoms with Crippen LogP contribution >= 0.6 is 0 Å². The van der Waals surface area contributed by atoms with E-state index in [4.69, 9.17) is 19.7 Å². The predicted octanol–water partition coefficient (Wildman–Crippen LogP) is 1.05. The number of nitrogens with one attached hydrogen (secondary N) is 1. The van der Waals surface area contributed by atoms with Crippen LogP contribution in [0.1, 0.15) is 6.42 Å². The lowest BCUT2D eigenvalue weighted by atomic mass is 10.1. The Kier molecular flexibility index (Phi) is 5.68. The first-order valence-electron chi connectivity index (χ1n) is 8.18. The van der Waals surface area contributed by atoms with Crippen molar-refractivity contribution >= 4 is 16.6 Å². The Morgan fingerprint density at radius 1 is 1.08 bits per heavy atom. The molecule has 130 valence electrons. The fraction of sp³-hybridized carbons (Fsp3) is 0.471. The summed E-state index contributed by atoms with van der Waals surface area (Å²) >= 11 is 0. The molecule has 2 heterocycles. The summed E-state index contributed by atoms with van der Waals surface area (Å²) in [5, 5.41) is 23.5. The second-order valence-electron chi connectivity index (χ2n) is 5.66. The van der Waals surface area contributed by atoms with Crippen molar-refractivity contribution in [2.45, 2.75) is 6.42 Å². The van der Waals surface area contributed by atoms with E-state index >= 15 is 0 Å². The molecule has 1 aromatic heterocycles. The van der Waals surface area contributed by atoms with Crippen molar-refractivity contribution in [3.05, 3.63) is 24.4 Å². The highest BCUT2D eigenvalue weighted by atomic mass is 16.7. The van der Waals surface area contributed by atoms with Gasteiger partial charge in [-0.05, 0) is 36.6 Å². The zero-order chi connectivity index (χ0) is 16.8. The van der Waals surface area contributed by atoms with Gasteiger partial charge in [0.15, 0.2) is 11.5 Å². The number of hydrogen-bond acceptors (Lipinski definition) is 7. The van der Waals surface area contributed by atoms with Gasteiger partial charge in [0.25, 0.3) is 0 Å². The number of anilines is 1. The average Bonchev–Trinajstić information content (AvgIpc) is 3.04. The number of ether oxygens (including phenoxy) is 2. The lowest BCUT2D eigenvalue weighted by molar-refractivity contribution is 0.161. The van der Waals surface area contributed by atoms with E-state index in [2.05, 4.69) is 10.3 Å². The first-order chi connectivity index (χ1) is 11.8. The summed E-state index contributed by atoms with van der Waals surface area (Å²) < 4.78 is 10.8. The maximum absolute atomic E-state index is 9.02. The van der Waals surface area contributed by atoms with Crippen molar-refractivity contribution < 1.29 is 19.7 Å². The third-order valence-electron chi connectivity index (χ3n) is 4.03. The molecule has 3 N–H and O–H groups in total. The largest absolute Gasteiger partial charge is 0.454 e. The Morgan fingerprint density at radius 3 is 2.58 bits per heavy atom. The second kappa shape index (κ2) is 8.14. The number of pyridine rings is 1. The minimum atomic E-state index is 0.103. The quantitative estimate of drug-likeness (QED) is 0.591. The van der Waals surface area contributed by atoms with E-state index in [0.717, 1.165) is 47.6 Å². The van der Waals surface area contributed by atoms with Gasteiger partial charge in [-0.25, -0.2) is 4.98 Å². The van der Waals surface area contributed by atoms with Crippen LogP contribution < -0.4 is 14.8 Å². The first-order valence-corrected chi connectivity index (χ1v) is 8.18. The lowest BCUT2D eigenvalue weighted by Gasteiger charge is -2.20. The van der Waals surface area contributed by atoms with Crippen molar-refractivity contribution in [1.29, 1.82) is 0 Å². The summed E-state index contributed by atoms with van der Waals surface area (Å²) in [5.41, 5.74) is 0. The van der Waals surface area contributed by atoms with E-state index in [9.17, 15) is 0 Å². The summed E-state index contributed by atoms with van der Waals surface area (Å²) in [7, 11) is 0. The van der Waals surface area contributed by atoms with Crippen molar-refractivity contribution in [3.8, 4) is 11.5 Å². The Bertz CT molecular complexity index is 674. The first kappa shape index (κ1) is 16.8. The van der Waals surface area contributed by atoms with E-state index in [-0.39, 0.29) is 20.0 Å². The van der Waals surface area contributed by atoms with Crippen molar-refractivity contribution in [2.75, 3.05) is 51.5 Å². The monoisotopic (exact) mass is 333 g/mol. The SMILES string of the molecule is OCCN(CCO)CCCNc1nccc2cc3c(cc12)OCO3. The number of benzene rings is 1. The average molecular weight is 333 g/mol. The fourth-order valence-electron chi connectivity index (χ4n) is 2.83. The molecular weight excluding hydrogens is 310 g/mol. The van der Waals surface area contributed by atoms with Gasteiger partial charge >= 0.3 is 0 Å². The van der Waals surface area contributed by atoms with E-state index in [0.29, 0.717) is 13.1 Å². The summed E-state index contributed by atoms with van der Waals surface area (Å²) in [6.07, 6.45) is 2.67. The molecule has 7 nitrogen and oxygen atoms in total. The molecule has 0 saturated heterocycles. The summed E-state index contributed by atoms with van der Waals surface area (Å²) in [5.74, 6) is 2.33. The highest BCUT2D eigenvalue weighted by Crippen LogP contribution is 2.37. The number of aliphatic hydroxyl groups is 2. The van der Waals surface area contributed by atoms with Gasteiger partial charge in [-0.3, -0.25) is 4.90 Å². The molecule has 3 rings (SSSR count). The van der Waals surface area contributed by atoms with Crippen LogP contribution in [-0.4, -0.2) is 66.3 Å². The van der Waals surface area contributed by atoms with Crippen molar-refractivity contribution in [2.24, 2.45) is 0 Å². The molecule has 24 heavy (non-hydrogen) atoms. The summed E-state index contributed by atoms with van der Waals surface area (Å²) in [4.78, 5) is 6.46. The van der Waals surface area contributed by atoms with E-state index in [1.807, 2.05) is 23.1 Å². The second-order valence-corrected chi connectivity index (χ2v) is 5.66. The highest BCUT2D eigenvalue weighted by molar-refractivity contribution is 5.94. The van der Waals surface area contributed by atoms with Crippen LogP contribution in [0.2, 0.25) is 0 Å². The number of nitrogens with zero attached hydrogens (tertiary/aromatic N) is 2.